The van der Waals surface area contributed by atoms with Crippen LogP contribution in [-0.4, -0.2) is 16.0 Å². The Kier molecular flexibility index (Phi) is 3.91. The Morgan fingerprint density at radius 1 is 1.18 bits per heavy atom. The monoisotopic (exact) mass is 297 g/mol. The van der Waals surface area contributed by atoms with E-state index < -0.39 is 0 Å². The summed E-state index contributed by atoms with van der Waals surface area (Å²) in [5, 5.41) is 6.51. The maximum Gasteiger partial charge on any atom is 0.290 e. The van der Waals surface area contributed by atoms with Gasteiger partial charge in [0, 0.05) is 30.6 Å². The topological polar surface area (TPSA) is 68.0 Å². The quantitative estimate of drug-likeness (QED) is 0.804. The van der Waals surface area contributed by atoms with Gasteiger partial charge in [-0.3, -0.25) is 9.78 Å². The standard InChI is InChI=1S/C16H12FN3O2/c17-13-3-1-2-12(8-13)14-9-15(22-20-14)16(21)19-10-11-4-6-18-7-5-11/h1-9H,10H2,(H,19,21). The van der Waals surface area contributed by atoms with E-state index in [4.69, 9.17) is 4.52 Å². The second-order valence-corrected chi connectivity index (χ2v) is 4.62. The summed E-state index contributed by atoms with van der Waals surface area (Å²) in [6.07, 6.45) is 3.30. The molecule has 1 aromatic carbocycles. The fraction of sp³-hybridized carbons (Fsp3) is 0.0625. The largest absolute Gasteiger partial charge is 0.350 e. The summed E-state index contributed by atoms with van der Waals surface area (Å²) in [4.78, 5) is 15.9. The molecular weight excluding hydrogens is 285 g/mol. The maximum absolute atomic E-state index is 13.2. The van der Waals surface area contributed by atoms with Crippen LogP contribution in [-0.2, 0) is 6.54 Å². The summed E-state index contributed by atoms with van der Waals surface area (Å²) in [5.41, 5.74) is 1.89. The third kappa shape index (κ3) is 3.17. The van der Waals surface area contributed by atoms with E-state index in [0.717, 1.165) is 5.56 Å². The number of amides is 1. The molecule has 3 rings (SSSR count). The molecule has 3 aromatic rings. The van der Waals surface area contributed by atoms with E-state index in [1.165, 1.54) is 18.2 Å². The van der Waals surface area contributed by atoms with Crippen LogP contribution in [0.25, 0.3) is 11.3 Å². The summed E-state index contributed by atoms with van der Waals surface area (Å²) >= 11 is 0. The van der Waals surface area contributed by atoms with Gasteiger partial charge in [0.15, 0.2) is 0 Å². The third-order valence-electron chi connectivity index (χ3n) is 3.06. The van der Waals surface area contributed by atoms with Gasteiger partial charge in [-0.05, 0) is 29.8 Å². The second kappa shape index (κ2) is 6.17. The predicted octanol–water partition coefficient (Wildman–Crippen LogP) is 2.81. The number of aromatic nitrogens is 2. The van der Waals surface area contributed by atoms with Crippen molar-refractivity contribution < 1.29 is 13.7 Å². The van der Waals surface area contributed by atoms with Crippen molar-refractivity contribution in [1.82, 2.24) is 15.5 Å². The summed E-state index contributed by atoms with van der Waals surface area (Å²) in [6, 6.07) is 11.0. The minimum absolute atomic E-state index is 0.0771. The minimum Gasteiger partial charge on any atom is -0.350 e. The molecule has 0 atom stereocenters. The molecule has 0 aliphatic rings. The van der Waals surface area contributed by atoms with Crippen molar-refractivity contribution in [2.24, 2.45) is 0 Å². The Labute approximate surface area is 125 Å². The van der Waals surface area contributed by atoms with Crippen molar-refractivity contribution in [3.63, 3.8) is 0 Å². The lowest BCUT2D eigenvalue weighted by atomic mass is 10.1. The lowest BCUT2D eigenvalue weighted by molar-refractivity contribution is 0.0914. The van der Waals surface area contributed by atoms with Gasteiger partial charge < -0.3 is 9.84 Å². The Bertz CT molecular complexity index is 787. The van der Waals surface area contributed by atoms with Crippen LogP contribution in [0.15, 0.2) is 59.4 Å². The molecule has 0 bridgehead atoms. The number of carbonyl (C=O) groups excluding carboxylic acids is 1. The minimum atomic E-state index is -0.382. The fourth-order valence-electron chi connectivity index (χ4n) is 1.94. The van der Waals surface area contributed by atoms with E-state index in [0.29, 0.717) is 17.8 Å². The van der Waals surface area contributed by atoms with Crippen molar-refractivity contribution >= 4 is 5.91 Å². The SMILES string of the molecule is O=C(NCc1ccncc1)c1cc(-c2cccc(F)c2)no1. The molecule has 6 heteroatoms. The molecule has 2 aromatic heterocycles. The van der Waals surface area contributed by atoms with Crippen LogP contribution >= 0.6 is 0 Å². The first-order valence-corrected chi connectivity index (χ1v) is 6.62. The number of nitrogens with one attached hydrogen (secondary N) is 1. The summed E-state index contributed by atoms with van der Waals surface area (Å²) in [6.45, 7) is 0.358. The van der Waals surface area contributed by atoms with Crippen molar-refractivity contribution in [3.8, 4) is 11.3 Å². The van der Waals surface area contributed by atoms with Crippen LogP contribution in [0.4, 0.5) is 4.39 Å². The van der Waals surface area contributed by atoms with E-state index in [1.54, 1.807) is 36.7 Å². The van der Waals surface area contributed by atoms with Gasteiger partial charge in [-0.25, -0.2) is 4.39 Å². The number of benzene rings is 1. The van der Waals surface area contributed by atoms with Crippen molar-refractivity contribution in [3.05, 3.63) is 72.0 Å². The van der Waals surface area contributed by atoms with Gasteiger partial charge in [0.2, 0.25) is 5.76 Å². The molecule has 0 spiro atoms. The van der Waals surface area contributed by atoms with Gasteiger partial charge in [-0.2, -0.15) is 0 Å². The Morgan fingerprint density at radius 3 is 2.77 bits per heavy atom. The summed E-state index contributed by atoms with van der Waals surface area (Å²) in [7, 11) is 0. The van der Waals surface area contributed by atoms with E-state index >= 15 is 0 Å². The molecule has 5 nitrogen and oxygen atoms in total. The molecule has 0 radical (unpaired) electrons. The van der Waals surface area contributed by atoms with Gasteiger partial charge in [0.25, 0.3) is 5.91 Å². The van der Waals surface area contributed by atoms with E-state index in [-0.39, 0.29) is 17.5 Å². The molecule has 1 amide bonds. The lowest BCUT2D eigenvalue weighted by Gasteiger charge is -2.01. The van der Waals surface area contributed by atoms with Gasteiger partial charge in [0.1, 0.15) is 11.5 Å². The van der Waals surface area contributed by atoms with Crippen LogP contribution in [0.3, 0.4) is 0 Å². The number of rotatable bonds is 4. The third-order valence-corrected chi connectivity index (χ3v) is 3.06. The first-order chi connectivity index (χ1) is 10.7. The zero-order chi connectivity index (χ0) is 15.4. The van der Waals surface area contributed by atoms with Crippen molar-refractivity contribution in [1.29, 1.82) is 0 Å². The molecule has 110 valence electrons. The second-order valence-electron chi connectivity index (χ2n) is 4.62. The van der Waals surface area contributed by atoms with Crippen LogP contribution in [0, 0.1) is 5.82 Å². The number of nitrogens with zero attached hydrogens (tertiary/aromatic N) is 2. The van der Waals surface area contributed by atoms with Crippen molar-refractivity contribution in [2.45, 2.75) is 6.54 Å². The molecule has 0 aliphatic heterocycles. The average molecular weight is 297 g/mol. The number of hydrogen-bond donors (Lipinski definition) is 1. The number of hydrogen-bond acceptors (Lipinski definition) is 4. The van der Waals surface area contributed by atoms with Gasteiger partial charge in [0.05, 0.1) is 0 Å². The highest BCUT2D eigenvalue weighted by molar-refractivity contribution is 5.92. The van der Waals surface area contributed by atoms with E-state index in [2.05, 4.69) is 15.5 Å². The van der Waals surface area contributed by atoms with E-state index in [1.807, 2.05) is 0 Å². The average Bonchev–Trinajstić information content (AvgIpc) is 3.04. The van der Waals surface area contributed by atoms with Crippen LogP contribution in [0.2, 0.25) is 0 Å². The highest BCUT2D eigenvalue weighted by Crippen LogP contribution is 2.19. The molecule has 0 unspecified atom stereocenters. The van der Waals surface area contributed by atoms with Crippen LogP contribution in [0.1, 0.15) is 16.1 Å². The normalized spacial score (nSPS) is 10.4. The predicted molar refractivity (Wildman–Crippen MR) is 77.3 cm³/mol. The van der Waals surface area contributed by atoms with Crippen molar-refractivity contribution in [2.75, 3.05) is 0 Å². The lowest BCUT2D eigenvalue weighted by Crippen LogP contribution is -2.22. The number of pyridine rings is 1. The Balaban J connectivity index is 1.69. The smallest absolute Gasteiger partial charge is 0.290 e. The molecule has 0 saturated heterocycles. The van der Waals surface area contributed by atoms with Gasteiger partial charge in [-0.15, -0.1) is 0 Å². The Morgan fingerprint density at radius 2 is 2.00 bits per heavy atom. The van der Waals surface area contributed by atoms with E-state index in [9.17, 15) is 9.18 Å². The zero-order valence-electron chi connectivity index (χ0n) is 11.5. The van der Waals surface area contributed by atoms with Crippen LogP contribution in [0.5, 0.6) is 0 Å². The Hall–Kier alpha value is -3.02. The van der Waals surface area contributed by atoms with Gasteiger partial charge >= 0.3 is 0 Å². The first-order valence-electron chi connectivity index (χ1n) is 6.62. The highest BCUT2D eigenvalue weighted by atomic mass is 19.1. The molecule has 0 fully saturated rings. The molecule has 0 saturated carbocycles. The molecular formula is C16H12FN3O2. The first kappa shape index (κ1) is 13.9. The maximum atomic E-state index is 13.2. The molecule has 0 aliphatic carbocycles. The zero-order valence-corrected chi connectivity index (χ0v) is 11.5. The molecule has 1 N–H and O–H groups in total. The van der Waals surface area contributed by atoms with Crippen LogP contribution < -0.4 is 5.32 Å². The summed E-state index contributed by atoms with van der Waals surface area (Å²) in [5.74, 6) is -0.676. The molecule has 22 heavy (non-hydrogen) atoms. The molecule has 2 heterocycles. The summed E-state index contributed by atoms with van der Waals surface area (Å²) < 4.78 is 18.2. The number of halogens is 1. The van der Waals surface area contributed by atoms with Gasteiger partial charge in [-0.1, -0.05) is 17.3 Å². The highest BCUT2D eigenvalue weighted by Gasteiger charge is 2.14. The number of carbonyl (C=O) groups is 1. The fourth-order valence-corrected chi connectivity index (χ4v) is 1.94.